The lowest BCUT2D eigenvalue weighted by molar-refractivity contribution is 0.119. The van der Waals surface area contributed by atoms with Gasteiger partial charge in [-0.1, -0.05) is 6.07 Å². The van der Waals surface area contributed by atoms with Crippen LogP contribution in [-0.4, -0.2) is 40.8 Å². The Kier molecular flexibility index (Phi) is 4.42. The zero-order valence-corrected chi connectivity index (χ0v) is 12.4. The summed E-state index contributed by atoms with van der Waals surface area (Å²) in [6, 6.07) is 9.87. The average Bonchev–Trinajstić information content (AvgIpc) is 2.55. The number of aromatic nitrogens is 1. The number of amides is 1. The minimum absolute atomic E-state index is 0.553. The molecule has 1 saturated heterocycles. The second kappa shape index (κ2) is 6.64. The fourth-order valence-electron chi connectivity index (χ4n) is 2.90. The Labute approximate surface area is 129 Å². The number of benzene rings is 1. The Bertz CT molecular complexity index is 651. The van der Waals surface area contributed by atoms with Gasteiger partial charge in [-0.2, -0.15) is 0 Å². The molecule has 5 heteroatoms. The van der Waals surface area contributed by atoms with Crippen molar-refractivity contribution >= 4 is 17.0 Å². The molecule has 0 aliphatic carbocycles. The van der Waals surface area contributed by atoms with Crippen LogP contribution in [0.15, 0.2) is 36.5 Å². The molecule has 0 radical (unpaired) electrons. The number of carbonyl (C=O) groups is 1. The highest BCUT2D eigenvalue weighted by atomic mass is 16.5. The van der Waals surface area contributed by atoms with Gasteiger partial charge in [0.2, 0.25) is 0 Å². The normalized spacial score (nSPS) is 15.9. The SMILES string of the molecule is O=C(O)N1CCC(CCOc2ccc3ncccc3c2)CC1. The number of fused-ring (bicyclic) bond motifs is 1. The number of hydrogen-bond donors (Lipinski definition) is 1. The maximum absolute atomic E-state index is 10.9. The highest BCUT2D eigenvalue weighted by molar-refractivity contribution is 5.79. The molecule has 1 aliphatic rings. The molecule has 22 heavy (non-hydrogen) atoms. The van der Waals surface area contributed by atoms with Crippen molar-refractivity contribution in [3.8, 4) is 5.75 Å². The highest BCUT2D eigenvalue weighted by Crippen LogP contribution is 2.22. The molecule has 1 aliphatic heterocycles. The number of rotatable bonds is 4. The average molecular weight is 300 g/mol. The van der Waals surface area contributed by atoms with Crippen LogP contribution in [-0.2, 0) is 0 Å². The van der Waals surface area contributed by atoms with Crippen LogP contribution in [0.25, 0.3) is 10.9 Å². The van der Waals surface area contributed by atoms with Gasteiger partial charge in [0, 0.05) is 24.7 Å². The highest BCUT2D eigenvalue weighted by Gasteiger charge is 2.21. The lowest BCUT2D eigenvalue weighted by Gasteiger charge is -2.29. The molecule has 1 aromatic heterocycles. The Morgan fingerprint density at radius 1 is 1.32 bits per heavy atom. The van der Waals surface area contributed by atoms with Gasteiger partial charge in [-0.05, 0) is 49.4 Å². The minimum atomic E-state index is -0.806. The fraction of sp³-hybridized carbons (Fsp3) is 0.412. The predicted octanol–water partition coefficient (Wildman–Crippen LogP) is 3.39. The number of carboxylic acid groups (broad SMARTS) is 1. The molecule has 3 rings (SSSR count). The zero-order chi connectivity index (χ0) is 15.4. The fourth-order valence-corrected chi connectivity index (χ4v) is 2.90. The number of likely N-dealkylation sites (tertiary alicyclic amines) is 1. The first kappa shape index (κ1) is 14.6. The molecule has 5 nitrogen and oxygen atoms in total. The van der Waals surface area contributed by atoms with Crippen molar-refractivity contribution in [2.45, 2.75) is 19.3 Å². The van der Waals surface area contributed by atoms with Crippen molar-refractivity contribution in [1.29, 1.82) is 0 Å². The standard InChI is InChI=1S/C17H20N2O3/c20-17(21)19-9-5-13(6-10-19)7-11-22-15-3-4-16-14(12-15)2-1-8-18-16/h1-4,8,12-13H,5-7,9-11H2,(H,20,21). The van der Waals surface area contributed by atoms with Gasteiger partial charge in [-0.3, -0.25) is 4.98 Å². The van der Waals surface area contributed by atoms with Crippen LogP contribution in [0.4, 0.5) is 4.79 Å². The Morgan fingerprint density at radius 3 is 2.91 bits per heavy atom. The van der Waals surface area contributed by atoms with Crippen molar-refractivity contribution in [1.82, 2.24) is 9.88 Å². The third-order valence-corrected chi connectivity index (χ3v) is 4.25. The summed E-state index contributed by atoms with van der Waals surface area (Å²) in [5.74, 6) is 1.42. The van der Waals surface area contributed by atoms with Gasteiger partial charge in [-0.25, -0.2) is 4.79 Å². The van der Waals surface area contributed by atoms with E-state index in [0.29, 0.717) is 25.6 Å². The third kappa shape index (κ3) is 3.47. The second-order valence-corrected chi connectivity index (χ2v) is 5.71. The molecule has 0 atom stereocenters. The first-order chi connectivity index (χ1) is 10.7. The van der Waals surface area contributed by atoms with Crippen LogP contribution in [0.1, 0.15) is 19.3 Å². The van der Waals surface area contributed by atoms with E-state index in [4.69, 9.17) is 9.84 Å². The molecule has 116 valence electrons. The van der Waals surface area contributed by atoms with E-state index in [1.54, 1.807) is 6.20 Å². The van der Waals surface area contributed by atoms with Crippen molar-refractivity contribution in [2.75, 3.05) is 19.7 Å². The second-order valence-electron chi connectivity index (χ2n) is 5.71. The maximum Gasteiger partial charge on any atom is 0.407 e. The van der Waals surface area contributed by atoms with Crippen LogP contribution < -0.4 is 4.74 Å². The smallest absolute Gasteiger partial charge is 0.407 e. The van der Waals surface area contributed by atoms with Crippen LogP contribution in [0.5, 0.6) is 5.75 Å². The first-order valence-electron chi connectivity index (χ1n) is 7.68. The summed E-state index contributed by atoms with van der Waals surface area (Å²) >= 11 is 0. The molecule has 0 saturated carbocycles. The first-order valence-corrected chi connectivity index (χ1v) is 7.68. The van der Waals surface area contributed by atoms with Crippen molar-refractivity contribution in [3.63, 3.8) is 0 Å². The van der Waals surface area contributed by atoms with Crippen LogP contribution in [0.3, 0.4) is 0 Å². The Hall–Kier alpha value is -2.30. The third-order valence-electron chi connectivity index (χ3n) is 4.25. The quantitative estimate of drug-likeness (QED) is 0.940. The molecular weight excluding hydrogens is 280 g/mol. The van der Waals surface area contributed by atoms with Gasteiger partial charge in [0.15, 0.2) is 0 Å². The maximum atomic E-state index is 10.9. The van der Waals surface area contributed by atoms with E-state index in [1.165, 1.54) is 4.90 Å². The number of piperidine rings is 1. The Morgan fingerprint density at radius 2 is 2.14 bits per heavy atom. The molecule has 0 spiro atoms. The molecule has 1 fully saturated rings. The molecular formula is C17H20N2O3. The zero-order valence-electron chi connectivity index (χ0n) is 12.4. The van der Waals surface area contributed by atoms with Crippen molar-refractivity contribution in [2.24, 2.45) is 5.92 Å². The predicted molar refractivity (Wildman–Crippen MR) is 84.2 cm³/mol. The molecule has 1 amide bonds. The van der Waals surface area contributed by atoms with Crippen molar-refractivity contribution in [3.05, 3.63) is 36.5 Å². The largest absolute Gasteiger partial charge is 0.494 e. The van der Waals surface area contributed by atoms with E-state index in [0.717, 1.165) is 35.9 Å². The van der Waals surface area contributed by atoms with Crippen molar-refractivity contribution < 1.29 is 14.6 Å². The van der Waals surface area contributed by atoms with Gasteiger partial charge in [0.05, 0.1) is 12.1 Å². The molecule has 2 heterocycles. The Balaban J connectivity index is 1.47. The summed E-state index contributed by atoms with van der Waals surface area (Å²) in [5, 5.41) is 10.0. The van der Waals surface area contributed by atoms with E-state index in [1.807, 2.05) is 30.3 Å². The number of hydrogen-bond acceptors (Lipinski definition) is 3. The molecule has 1 aromatic carbocycles. The van der Waals surface area contributed by atoms with Gasteiger partial charge in [-0.15, -0.1) is 0 Å². The molecule has 0 bridgehead atoms. The number of ether oxygens (including phenoxy) is 1. The van der Waals surface area contributed by atoms with Gasteiger partial charge in [0.1, 0.15) is 5.75 Å². The van der Waals surface area contributed by atoms with Crippen LogP contribution in [0.2, 0.25) is 0 Å². The summed E-state index contributed by atoms with van der Waals surface area (Å²) in [6.45, 7) is 1.95. The van der Waals surface area contributed by atoms with Gasteiger partial charge >= 0.3 is 6.09 Å². The summed E-state index contributed by atoms with van der Waals surface area (Å²) in [4.78, 5) is 16.6. The van der Waals surface area contributed by atoms with E-state index in [9.17, 15) is 4.79 Å². The molecule has 0 unspecified atom stereocenters. The molecule has 2 aromatic rings. The number of nitrogens with zero attached hydrogens (tertiary/aromatic N) is 2. The van der Waals surface area contributed by atoms with E-state index in [-0.39, 0.29) is 0 Å². The van der Waals surface area contributed by atoms with Crippen LogP contribution >= 0.6 is 0 Å². The van der Waals surface area contributed by atoms with Gasteiger partial charge < -0.3 is 14.7 Å². The monoisotopic (exact) mass is 300 g/mol. The lowest BCUT2D eigenvalue weighted by Crippen LogP contribution is -2.37. The topological polar surface area (TPSA) is 62.7 Å². The molecule has 1 N–H and O–H groups in total. The summed E-state index contributed by atoms with van der Waals surface area (Å²) in [5.41, 5.74) is 0.968. The van der Waals surface area contributed by atoms with E-state index in [2.05, 4.69) is 4.98 Å². The summed E-state index contributed by atoms with van der Waals surface area (Å²) in [6.07, 6.45) is 3.80. The lowest BCUT2D eigenvalue weighted by atomic mass is 9.94. The van der Waals surface area contributed by atoms with E-state index < -0.39 is 6.09 Å². The van der Waals surface area contributed by atoms with Crippen LogP contribution in [0, 0.1) is 5.92 Å². The minimum Gasteiger partial charge on any atom is -0.494 e. The number of pyridine rings is 1. The summed E-state index contributed by atoms with van der Waals surface area (Å²) < 4.78 is 5.83. The van der Waals surface area contributed by atoms with E-state index >= 15 is 0 Å². The van der Waals surface area contributed by atoms with Gasteiger partial charge in [0.25, 0.3) is 0 Å². The summed E-state index contributed by atoms with van der Waals surface area (Å²) in [7, 11) is 0.